The van der Waals surface area contributed by atoms with E-state index in [2.05, 4.69) is 48.0 Å². The first kappa shape index (κ1) is 18.3. The number of likely N-dealkylation sites (N-methyl/N-ethyl adjacent to an activating group) is 1. The van der Waals surface area contributed by atoms with Gasteiger partial charge in [-0.15, -0.1) is 0 Å². The van der Waals surface area contributed by atoms with Crippen molar-refractivity contribution in [2.45, 2.75) is 19.8 Å². The second-order valence-corrected chi connectivity index (χ2v) is 8.30. The first-order valence-electron chi connectivity index (χ1n) is 10.1. The number of anilines is 1. The first-order valence-corrected chi connectivity index (χ1v) is 10.1. The molecule has 0 atom stereocenters. The van der Waals surface area contributed by atoms with Gasteiger partial charge in [0.2, 0.25) is 11.8 Å². The van der Waals surface area contributed by atoms with E-state index in [1.54, 1.807) is 0 Å². The molecule has 2 aliphatic heterocycles. The minimum absolute atomic E-state index is 0.0651. The third-order valence-corrected chi connectivity index (χ3v) is 6.29. The molecule has 2 heterocycles. The molecule has 2 amide bonds. The molecule has 3 fully saturated rings. The van der Waals surface area contributed by atoms with Gasteiger partial charge in [-0.25, -0.2) is 0 Å². The Hall–Kier alpha value is -2.08. The van der Waals surface area contributed by atoms with Crippen LogP contribution in [0.25, 0.3) is 0 Å². The zero-order valence-electron chi connectivity index (χ0n) is 16.5. The van der Waals surface area contributed by atoms with E-state index in [0.717, 1.165) is 52.1 Å². The van der Waals surface area contributed by atoms with Crippen molar-refractivity contribution in [3.63, 3.8) is 0 Å². The summed E-state index contributed by atoms with van der Waals surface area (Å²) in [6.07, 6.45) is 1.43. The number of aryl methyl sites for hydroxylation is 1. The predicted molar refractivity (Wildman–Crippen MR) is 106 cm³/mol. The van der Waals surface area contributed by atoms with Crippen LogP contribution in [-0.4, -0.2) is 85.9 Å². The number of carbonyl (C=O) groups is 2. The van der Waals surface area contributed by atoms with Gasteiger partial charge in [0.05, 0.1) is 0 Å². The van der Waals surface area contributed by atoms with Crippen LogP contribution in [-0.2, 0) is 9.59 Å². The predicted octanol–water partition coefficient (Wildman–Crippen LogP) is 1.20. The lowest BCUT2D eigenvalue weighted by Gasteiger charge is -2.39. The lowest BCUT2D eigenvalue weighted by molar-refractivity contribution is -0.150. The van der Waals surface area contributed by atoms with Crippen LogP contribution in [0.1, 0.15) is 18.4 Å². The Bertz CT molecular complexity index is 715. The van der Waals surface area contributed by atoms with Crippen molar-refractivity contribution in [3.05, 3.63) is 29.8 Å². The van der Waals surface area contributed by atoms with Gasteiger partial charge in [-0.3, -0.25) is 9.59 Å². The maximum absolute atomic E-state index is 13.2. The maximum atomic E-state index is 13.2. The number of carbonyl (C=O) groups excluding carboxylic acids is 2. The highest BCUT2D eigenvalue weighted by Crippen LogP contribution is 2.49. The summed E-state index contributed by atoms with van der Waals surface area (Å²) in [5, 5.41) is 0. The molecule has 3 aliphatic rings. The minimum atomic E-state index is -0.749. The van der Waals surface area contributed by atoms with E-state index in [1.165, 1.54) is 11.3 Å². The number of rotatable bonds is 3. The Kier molecular flexibility index (Phi) is 4.84. The van der Waals surface area contributed by atoms with Crippen molar-refractivity contribution in [2.75, 3.05) is 64.3 Å². The normalized spacial score (nSPS) is 22.7. The van der Waals surface area contributed by atoms with Gasteiger partial charge in [-0.1, -0.05) is 12.1 Å². The second kappa shape index (κ2) is 7.15. The summed E-state index contributed by atoms with van der Waals surface area (Å²) < 4.78 is 0. The van der Waals surface area contributed by atoms with E-state index in [-0.39, 0.29) is 11.8 Å². The Balaban J connectivity index is 1.37. The van der Waals surface area contributed by atoms with Crippen LogP contribution in [0, 0.1) is 12.3 Å². The molecule has 146 valence electrons. The average molecular weight is 370 g/mol. The Morgan fingerprint density at radius 2 is 1.41 bits per heavy atom. The van der Waals surface area contributed by atoms with Crippen molar-refractivity contribution in [1.29, 1.82) is 0 Å². The Morgan fingerprint density at radius 1 is 0.852 bits per heavy atom. The number of nitrogens with zero attached hydrogens (tertiary/aromatic N) is 4. The molecule has 0 spiro atoms. The molecule has 1 aromatic carbocycles. The zero-order valence-corrected chi connectivity index (χ0v) is 16.5. The molecular weight excluding hydrogens is 340 g/mol. The average Bonchev–Trinajstić information content (AvgIpc) is 3.50. The van der Waals surface area contributed by atoms with E-state index in [0.29, 0.717) is 13.1 Å². The summed E-state index contributed by atoms with van der Waals surface area (Å²) in [5.74, 6) is 0.136. The van der Waals surface area contributed by atoms with Crippen molar-refractivity contribution in [2.24, 2.45) is 5.41 Å². The molecule has 27 heavy (non-hydrogen) atoms. The van der Waals surface area contributed by atoms with Gasteiger partial charge in [0.25, 0.3) is 0 Å². The van der Waals surface area contributed by atoms with Gasteiger partial charge in [-0.2, -0.15) is 0 Å². The number of benzene rings is 1. The highest BCUT2D eigenvalue weighted by atomic mass is 16.2. The summed E-state index contributed by atoms with van der Waals surface area (Å²) in [6.45, 7) is 8.43. The first-order chi connectivity index (χ1) is 13.0. The van der Waals surface area contributed by atoms with Gasteiger partial charge < -0.3 is 19.6 Å². The third-order valence-electron chi connectivity index (χ3n) is 6.29. The third kappa shape index (κ3) is 3.55. The van der Waals surface area contributed by atoms with Gasteiger partial charge in [0, 0.05) is 58.0 Å². The number of amides is 2. The van der Waals surface area contributed by atoms with Crippen LogP contribution in [0.5, 0.6) is 0 Å². The molecule has 2 saturated heterocycles. The SMILES string of the molecule is Cc1cccc(N2CCN(C(=O)C3(C(=O)N4CCN(C)CC4)CC3)CC2)c1. The Morgan fingerprint density at radius 3 is 1.93 bits per heavy atom. The van der Waals surface area contributed by atoms with E-state index in [1.807, 2.05) is 9.80 Å². The van der Waals surface area contributed by atoms with E-state index in [9.17, 15) is 9.59 Å². The summed E-state index contributed by atoms with van der Waals surface area (Å²) in [6, 6.07) is 8.50. The molecular formula is C21H30N4O2. The lowest BCUT2D eigenvalue weighted by Crippen LogP contribution is -2.55. The number of piperazine rings is 2. The van der Waals surface area contributed by atoms with Crippen molar-refractivity contribution in [3.8, 4) is 0 Å². The molecule has 6 nitrogen and oxygen atoms in total. The van der Waals surface area contributed by atoms with E-state index in [4.69, 9.17) is 0 Å². The second-order valence-electron chi connectivity index (χ2n) is 8.30. The molecule has 0 bridgehead atoms. The quantitative estimate of drug-likeness (QED) is 0.750. The highest BCUT2D eigenvalue weighted by Gasteiger charge is 2.59. The minimum Gasteiger partial charge on any atom is -0.368 e. The van der Waals surface area contributed by atoms with Gasteiger partial charge in [-0.05, 0) is 44.5 Å². The van der Waals surface area contributed by atoms with Gasteiger partial charge in [0.15, 0.2) is 0 Å². The standard InChI is InChI=1S/C21H30N4O2/c1-17-4-3-5-18(16-17)23-12-14-25(15-13-23)20(27)21(6-7-21)19(26)24-10-8-22(2)9-11-24/h3-5,16H,6-15H2,1-2H3. The number of hydrogen-bond acceptors (Lipinski definition) is 4. The van der Waals surface area contributed by atoms with Crippen LogP contribution in [0.4, 0.5) is 5.69 Å². The molecule has 0 aromatic heterocycles. The van der Waals surface area contributed by atoms with Gasteiger partial charge in [0.1, 0.15) is 5.41 Å². The monoisotopic (exact) mass is 370 g/mol. The van der Waals surface area contributed by atoms with E-state index >= 15 is 0 Å². The molecule has 0 unspecified atom stereocenters. The fourth-order valence-electron chi connectivity index (χ4n) is 4.25. The van der Waals surface area contributed by atoms with Crippen molar-refractivity contribution < 1.29 is 9.59 Å². The van der Waals surface area contributed by atoms with Crippen molar-refractivity contribution in [1.82, 2.24) is 14.7 Å². The zero-order chi connectivity index (χ0) is 19.0. The molecule has 6 heteroatoms. The van der Waals surface area contributed by atoms with E-state index < -0.39 is 5.41 Å². The maximum Gasteiger partial charge on any atom is 0.238 e. The number of hydrogen-bond donors (Lipinski definition) is 0. The van der Waals surface area contributed by atoms with Crippen LogP contribution < -0.4 is 4.90 Å². The molecule has 1 aliphatic carbocycles. The van der Waals surface area contributed by atoms with Crippen LogP contribution in [0.2, 0.25) is 0 Å². The summed E-state index contributed by atoms with van der Waals surface area (Å²) >= 11 is 0. The van der Waals surface area contributed by atoms with Gasteiger partial charge >= 0.3 is 0 Å². The van der Waals surface area contributed by atoms with Crippen LogP contribution >= 0.6 is 0 Å². The lowest BCUT2D eigenvalue weighted by atomic mass is 10.0. The van der Waals surface area contributed by atoms with Crippen LogP contribution in [0.3, 0.4) is 0 Å². The summed E-state index contributed by atoms with van der Waals surface area (Å²) in [4.78, 5) is 34.6. The largest absolute Gasteiger partial charge is 0.368 e. The fraction of sp³-hybridized carbons (Fsp3) is 0.619. The Labute approximate surface area is 161 Å². The fourth-order valence-corrected chi connectivity index (χ4v) is 4.25. The summed E-state index contributed by atoms with van der Waals surface area (Å²) in [7, 11) is 2.08. The summed E-state index contributed by atoms with van der Waals surface area (Å²) in [5.41, 5.74) is 1.72. The molecule has 4 rings (SSSR count). The highest BCUT2D eigenvalue weighted by molar-refractivity contribution is 6.08. The van der Waals surface area contributed by atoms with Crippen molar-refractivity contribution >= 4 is 17.5 Å². The molecule has 0 N–H and O–H groups in total. The molecule has 1 aromatic rings. The van der Waals surface area contributed by atoms with Crippen LogP contribution in [0.15, 0.2) is 24.3 Å². The smallest absolute Gasteiger partial charge is 0.238 e. The molecule has 1 saturated carbocycles. The topological polar surface area (TPSA) is 47.1 Å². The molecule has 0 radical (unpaired) electrons.